The number of hydrogen-bond acceptors (Lipinski definition) is 5. The normalized spacial score (nSPS) is 16.7. The van der Waals surface area contributed by atoms with Crippen molar-refractivity contribution in [1.82, 2.24) is 20.0 Å². The van der Waals surface area contributed by atoms with Crippen LogP contribution in [0, 0.1) is 11.5 Å². The third-order valence-corrected chi connectivity index (χ3v) is 4.14. The molecule has 1 fully saturated rings. The largest absolute Gasteiger partial charge is 0.496 e. The number of nitrogens with one attached hydrogen (secondary N) is 1. The predicted octanol–water partition coefficient (Wildman–Crippen LogP) is 1.38. The number of rotatable bonds is 4. The number of aromatic nitrogens is 2. The van der Waals surface area contributed by atoms with Crippen LogP contribution in [0.2, 0.25) is 0 Å². The fraction of sp³-hybridized carbons (Fsp3) is 0.353. The van der Waals surface area contributed by atoms with E-state index in [0.717, 1.165) is 17.5 Å². The summed E-state index contributed by atoms with van der Waals surface area (Å²) in [6, 6.07) is 5.37. The second-order valence-electron chi connectivity index (χ2n) is 5.82. The Hall–Kier alpha value is -3.01. The first-order chi connectivity index (χ1) is 11.6. The van der Waals surface area contributed by atoms with Crippen LogP contribution in [0.4, 0.5) is 0 Å². The second kappa shape index (κ2) is 6.62. The van der Waals surface area contributed by atoms with E-state index in [1.165, 1.54) is 0 Å². The van der Waals surface area contributed by atoms with Gasteiger partial charge in [-0.15, -0.1) is 0 Å². The number of hydrogen-bond donors (Lipinski definition) is 1. The SMILES string of the molecule is COc1cc(C(=O)NC2CCN(C#N)C2)ccc1-c1cnn(C)c1. The van der Waals surface area contributed by atoms with Gasteiger partial charge in [-0.3, -0.25) is 9.48 Å². The van der Waals surface area contributed by atoms with E-state index in [0.29, 0.717) is 24.4 Å². The van der Waals surface area contributed by atoms with E-state index in [2.05, 4.69) is 16.6 Å². The van der Waals surface area contributed by atoms with E-state index < -0.39 is 0 Å². The lowest BCUT2D eigenvalue weighted by molar-refractivity contribution is 0.0938. The molecule has 2 heterocycles. The first-order valence-electron chi connectivity index (χ1n) is 7.73. The van der Waals surface area contributed by atoms with Gasteiger partial charge in [0.1, 0.15) is 5.75 Å². The van der Waals surface area contributed by atoms with Crippen molar-refractivity contribution in [2.75, 3.05) is 20.2 Å². The van der Waals surface area contributed by atoms with Crippen LogP contribution in [0.1, 0.15) is 16.8 Å². The summed E-state index contributed by atoms with van der Waals surface area (Å²) < 4.78 is 7.15. The molecule has 1 atom stereocenters. The smallest absolute Gasteiger partial charge is 0.251 e. The Morgan fingerprint density at radius 1 is 1.50 bits per heavy atom. The Kier molecular flexibility index (Phi) is 4.38. The number of ether oxygens (including phenoxy) is 1. The van der Waals surface area contributed by atoms with Crippen LogP contribution in [0.5, 0.6) is 5.75 Å². The zero-order chi connectivity index (χ0) is 17.1. The first-order valence-corrected chi connectivity index (χ1v) is 7.73. The highest BCUT2D eigenvalue weighted by Crippen LogP contribution is 2.30. The lowest BCUT2D eigenvalue weighted by Crippen LogP contribution is -2.36. The summed E-state index contributed by atoms with van der Waals surface area (Å²) in [6.07, 6.45) is 6.54. The molecule has 7 heteroatoms. The van der Waals surface area contributed by atoms with Gasteiger partial charge in [-0.2, -0.15) is 10.4 Å². The topological polar surface area (TPSA) is 83.2 Å². The molecule has 0 radical (unpaired) electrons. The predicted molar refractivity (Wildman–Crippen MR) is 88.3 cm³/mol. The number of nitrogens with zero attached hydrogens (tertiary/aromatic N) is 4. The standard InChI is InChI=1S/C17H19N5O2/c1-21-9-13(8-19-21)15-4-3-12(7-16(15)24-2)17(23)20-14-5-6-22(10-14)11-18/h3-4,7-9,14H,5-6,10H2,1-2H3,(H,20,23). The van der Waals surface area contributed by atoms with Crippen LogP contribution in [0.3, 0.4) is 0 Å². The van der Waals surface area contributed by atoms with Gasteiger partial charge in [0.25, 0.3) is 5.91 Å². The minimum atomic E-state index is -0.157. The van der Waals surface area contributed by atoms with E-state index in [-0.39, 0.29) is 11.9 Å². The summed E-state index contributed by atoms with van der Waals surface area (Å²) in [5.41, 5.74) is 2.36. The van der Waals surface area contributed by atoms with Crippen LogP contribution in [0.25, 0.3) is 11.1 Å². The number of nitriles is 1. The van der Waals surface area contributed by atoms with Gasteiger partial charge in [-0.1, -0.05) is 0 Å². The van der Waals surface area contributed by atoms with Gasteiger partial charge in [0.15, 0.2) is 6.19 Å². The quantitative estimate of drug-likeness (QED) is 0.859. The molecular formula is C17H19N5O2. The number of likely N-dealkylation sites (tertiary alicyclic amines) is 1. The van der Waals surface area contributed by atoms with Crippen LogP contribution in [-0.2, 0) is 7.05 Å². The molecule has 7 nitrogen and oxygen atoms in total. The van der Waals surface area contributed by atoms with Gasteiger partial charge in [0.2, 0.25) is 0 Å². The van der Waals surface area contributed by atoms with Gasteiger partial charge in [-0.25, -0.2) is 0 Å². The van der Waals surface area contributed by atoms with Crippen molar-refractivity contribution < 1.29 is 9.53 Å². The third kappa shape index (κ3) is 3.18. The van der Waals surface area contributed by atoms with E-state index in [1.54, 1.807) is 35.0 Å². The van der Waals surface area contributed by atoms with E-state index in [4.69, 9.17) is 10.00 Å². The Morgan fingerprint density at radius 3 is 2.96 bits per heavy atom. The van der Waals surface area contributed by atoms with E-state index in [9.17, 15) is 4.79 Å². The molecule has 1 N–H and O–H groups in total. The number of aryl methyl sites for hydroxylation is 1. The molecule has 3 rings (SSSR count). The fourth-order valence-corrected chi connectivity index (χ4v) is 2.87. The highest BCUT2D eigenvalue weighted by molar-refractivity contribution is 5.95. The van der Waals surface area contributed by atoms with Gasteiger partial charge >= 0.3 is 0 Å². The van der Waals surface area contributed by atoms with Crippen molar-refractivity contribution in [3.63, 3.8) is 0 Å². The molecule has 0 spiro atoms. The first kappa shape index (κ1) is 15.9. The summed E-state index contributed by atoms with van der Waals surface area (Å²) in [4.78, 5) is 14.1. The zero-order valence-corrected chi connectivity index (χ0v) is 13.7. The van der Waals surface area contributed by atoms with Crippen LogP contribution < -0.4 is 10.1 Å². The highest BCUT2D eigenvalue weighted by atomic mass is 16.5. The van der Waals surface area contributed by atoms with Crippen LogP contribution >= 0.6 is 0 Å². The maximum absolute atomic E-state index is 12.4. The molecule has 1 unspecified atom stereocenters. The Labute approximate surface area is 140 Å². The Balaban J connectivity index is 1.77. The summed E-state index contributed by atoms with van der Waals surface area (Å²) in [6.45, 7) is 1.25. The molecule has 124 valence electrons. The Morgan fingerprint density at radius 2 is 2.33 bits per heavy atom. The average Bonchev–Trinajstić information content (AvgIpc) is 3.23. The molecule has 0 aliphatic carbocycles. The molecule has 0 bridgehead atoms. The van der Waals surface area contributed by atoms with Crippen LogP contribution in [-0.4, -0.2) is 46.8 Å². The number of benzene rings is 1. The molecule has 1 saturated heterocycles. The van der Waals surface area contributed by atoms with Crippen molar-refractivity contribution in [2.45, 2.75) is 12.5 Å². The monoisotopic (exact) mass is 325 g/mol. The van der Waals surface area contributed by atoms with Gasteiger partial charge < -0.3 is 15.0 Å². The number of methoxy groups -OCH3 is 1. The molecule has 24 heavy (non-hydrogen) atoms. The van der Waals surface area contributed by atoms with Gasteiger partial charge in [0, 0.05) is 49.1 Å². The van der Waals surface area contributed by atoms with Crippen molar-refractivity contribution >= 4 is 5.91 Å². The van der Waals surface area contributed by atoms with Crippen molar-refractivity contribution in [3.05, 3.63) is 36.2 Å². The average molecular weight is 325 g/mol. The highest BCUT2D eigenvalue weighted by Gasteiger charge is 2.23. The molecule has 1 amide bonds. The van der Waals surface area contributed by atoms with Crippen molar-refractivity contribution in [3.8, 4) is 23.1 Å². The Bertz CT molecular complexity index is 793. The molecule has 1 aromatic carbocycles. The van der Waals surface area contributed by atoms with Gasteiger partial charge in [0.05, 0.1) is 13.3 Å². The zero-order valence-electron chi connectivity index (χ0n) is 13.7. The minimum Gasteiger partial charge on any atom is -0.496 e. The van der Waals surface area contributed by atoms with E-state index in [1.807, 2.05) is 19.3 Å². The summed E-state index contributed by atoms with van der Waals surface area (Å²) in [7, 11) is 3.43. The number of carbonyl (C=O) groups excluding carboxylic acids is 1. The lowest BCUT2D eigenvalue weighted by atomic mass is 10.0. The molecule has 0 saturated carbocycles. The van der Waals surface area contributed by atoms with E-state index >= 15 is 0 Å². The maximum atomic E-state index is 12.4. The van der Waals surface area contributed by atoms with Crippen molar-refractivity contribution in [2.24, 2.45) is 7.05 Å². The van der Waals surface area contributed by atoms with Crippen molar-refractivity contribution in [1.29, 1.82) is 5.26 Å². The molecule has 1 aromatic heterocycles. The fourth-order valence-electron chi connectivity index (χ4n) is 2.87. The molecular weight excluding hydrogens is 306 g/mol. The third-order valence-electron chi connectivity index (χ3n) is 4.14. The second-order valence-corrected chi connectivity index (χ2v) is 5.82. The molecule has 2 aromatic rings. The molecule has 1 aliphatic heterocycles. The maximum Gasteiger partial charge on any atom is 0.251 e. The van der Waals surface area contributed by atoms with Crippen LogP contribution in [0.15, 0.2) is 30.6 Å². The summed E-state index contributed by atoms with van der Waals surface area (Å²) in [5, 5.41) is 16.0. The molecule has 1 aliphatic rings. The number of carbonyl (C=O) groups is 1. The summed E-state index contributed by atoms with van der Waals surface area (Å²) in [5.74, 6) is 0.469. The lowest BCUT2D eigenvalue weighted by Gasteiger charge is -2.14. The van der Waals surface area contributed by atoms with Gasteiger partial charge in [-0.05, 0) is 24.6 Å². The summed E-state index contributed by atoms with van der Waals surface area (Å²) >= 11 is 0. The minimum absolute atomic E-state index is 0.00106. The number of amides is 1.